The van der Waals surface area contributed by atoms with Gasteiger partial charge < -0.3 is 5.32 Å². The van der Waals surface area contributed by atoms with Gasteiger partial charge in [0.1, 0.15) is 0 Å². The summed E-state index contributed by atoms with van der Waals surface area (Å²) in [6.07, 6.45) is 2.30. The highest BCUT2D eigenvalue weighted by Gasteiger charge is 2.22. The minimum Gasteiger partial charge on any atom is -0.378 e. The summed E-state index contributed by atoms with van der Waals surface area (Å²) in [7, 11) is 0. The molecule has 1 nitrogen and oxygen atoms in total. The molecule has 0 saturated carbocycles. The second-order valence-electron chi connectivity index (χ2n) is 6.04. The fourth-order valence-corrected chi connectivity index (χ4v) is 3.01. The van der Waals surface area contributed by atoms with Crippen LogP contribution in [0.15, 0.2) is 42.5 Å². The van der Waals surface area contributed by atoms with E-state index in [0.717, 1.165) is 6.42 Å². The molecule has 20 heavy (non-hydrogen) atoms. The van der Waals surface area contributed by atoms with Crippen molar-refractivity contribution in [1.82, 2.24) is 0 Å². The van der Waals surface area contributed by atoms with E-state index in [4.69, 9.17) is 0 Å². The summed E-state index contributed by atoms with van der Waals surface area (Å²) in [5, 5.41) is 3.66. The average molecular weight is 265 g/mol. The Kier molecular flexibility index (Phi) is 3.52. The Hall–Kier alpha value is -1.76. The highest BCUT2D eigenvalue weighted by atomic mass is 14.9. The molecule has 2 aromatic carbocycles. The quantitative estimate of drug-likeness (QED) is 0.802. The summed E-state index contributed by atoms with van der Waals surface area (Å²) < 4.78 is 0. The van der Waals surface area contributed by atoms with E-state index in [2.05, 4.69) is 68.6 Å². The fourth-order valence-electron chi connectivity index (χ4n) is 3.01. The average Bonchev–Trinajstić information content (AvgIpc) is 2.89. The lowest BCUT2D eigenvalue weighted by Gasteiger charge is -2.12. The Balaban J connectivity index is 1.85. The van der Waals surface area contributed by atoms with Crippen LogP contribution in [0.5, 0.6) is 0 Å². The summed E-state index contributed by atoms with van der Waals surface area (Å²) >= 11 is 0. The van der Waals surface area contributed by atoms with Gasteiger partial charge in [0.2, 0.25) is 0 Å². The van der Waals surface area contributed by atoms with Crippen molar-refractivity contribution in [2.75, 3.05) is 5.32 Å². The Morgan fingerprint density at radius 2 is 2.05 bits per heavy atom. The first-order chi connectivity index (χ1) is 9.67. The summed E-state index contributed by atoms with van der Waals surface area (Å²) in [5.41, 5.74) is 6.97. The topological polar surface area (TPSA) is 12.0 Å². The standard InChI is InChI=1S/C19H23N/c1-4-14(3)15-8-9-18-17(11-15)12-19(20-18)16-7-5-6-13(2)10-16/h5-11,14,19-20H,4,12H2,1-3H3. The van der Waals surface area contributed by atoms with Gasteiger partial charge in [0.15, 0.2) is 0 Å². The molecule has 0 saturated heterocycles. The third-order valence-corrected chi connectivity index (χ3v) is 4.51. The van der Waals surface area contributed by atoms with Crippen LogP contribution in [0, 0.1) is 6.92 Å². The first-order valence-corrected chi connectivity index (χ1v) is 7.63. The maximum atomic E-state index is 3.66. The van der Waals surface area contributed by atoms with Crippen LogP contribution in [0.1, 0.15) is 54.5 Å². The van der Waals surface area contributed by atoms with Crippen LogP contribution in [0.2, 0.25) is 0 Å². The second-order valence-corrected chi connectivity index (χ2v) is 6.04. The molecule has 0 amide bonds. The SMILES string of the molecule is CCC(C)c1ccc2c(c1)CC(c1cccc(C)c1)N2. The largest absolute Gasteiger partial charge is 0.378 e. The van der Waals surface area contributed by atoms with E-state index in [1.807, 2.05) is 0 Å². The Bertz CT molecular complexity index is 615. The maximum absolute atomic E-state index is 3.66. The number of hydrogen-bond acceptors (Lipinski definition) is 1. The third kappa shape index (κ3) is 2.45. The molecule has 1 N–H and O–H groups in total. The van der Waals surface area contributed by atoms with Gasteiger partial charge in [-0.3, -0.25) is 0 Å². The molecule has 2 atom stereocenters. The van der Waals surface area contributed by atoms with E-state index in [1.54, 1.807) is 0 Å². The lowest BCUT2D eigenvalue weighted by molar-refractivity contribution is 0.732. The van der Waals surface area contributed by atoms with Crippen molar-refractivity contribution < 1.29 is 0 Å². The van der Waals surface area contributed by atoms with Gasteiger partial charge in [-0.2, -0.15) is 0 Å². The maximum Gasteiger partial charge on any atom is 0.0555 e. The van der Waals surface area contributed by atoms with Crippen LogP contribution in [-0.2, 0) is 6.42 Å². The minimum atomic E-state index is 0.428. The minimum absolute atomic E-state index is 0.428. The molecular formula is C19H23N. The predicted octanol–water partition coefficient (Wildman–Crippen LogP) is 5.22. The van der Waals surface area contributed by atoms with Crippen LogP contribution in [-0.4, -0.2) is 0 Å². The second kappa shape index (κ2) is 5.32. The fraction of sp³-hybridized carbons (Fsp3) is 0.368. The zero-order valence-corrected chi connectivity index (χ0v) is 12.6. The van der Waals surface area contributed by atoms with Crippen LogP contribution in [0.3, 0.4) is 0 Å². The van der Waals surface area contributed by atoms with Gasteiger partial charge in [0, 0.05) is 5.69 Å². The van der Waals surface area contributed by atoms with Gasteiger partial charge in [0.05, 0.1) is 6.04 Å². The summed E-state index contributed by atoms with van der Waals surface area (Å²) in [6.45, 7) is 6.72. The van der Waals surface area contributed by atoms with E-state index in [9.17, 15) is 0 Å². The first kappa shape index (κ1) is 13.2. The molecule has 1 heteroatoms. The Labute approximate surface area is 122 Å². The summed E-state index contributed by atoms with van der Waals surface area (Å²) in [5.74, 6) is 0.651. The van der Waals surface area contributed by atoms with Crippen LogP contribution < -0.4 is 5.32 Å². The first-order valence-electron chi connectivity index (χ1n) is 7.63. The van der Waals surface area contributed by atoms with Gasteiger partial charge >= 0.3 is 0 Å². The lowest BCUT2D eigenvalue weighted by Crippen LogP contribution is -2.05. The lowest BCUT2D eigenvalue weighted by atomic mass is 9.95. The van der Waals surface area contributed by atoms with E-state index in [-0.39, 0.29) is 0 Å². The molecule has 3 rings (SSSR count). The molecule has 104 valence electrons. The predicted molar refractivity (Wildman–Crippen MR) is 86.4 cm³/mol. The molecule has 1 heterocycles. The van der Waals surface area contributed by atoms with Crippen molar-refractivity contribution in [2.45, 2.75) is 45.6 Å². The molecule has 0 aromatic heterocycles. The molecule has 2 aromatic rings. The monoisotopic (exact) mass is 265 g/mol. The Morgan fingerprint density at radius 1 is 1.20 bits per heavy atom. The Morgan fingerprint density at radius 3 is 2.80 bits per heavy atom. The molecular weight excluding hydrogens is 242 g/mol. The van der Waals surface area contributed by atoms with Crippen molar-refractivity contribution >= 4 is 5.69 Å². The van der Waals surface area contributed by atoms with Crippen molar-refractivity contribution in [3.05, 3.63) is 64.7 Å². The molecule has 2 unspecified atom stereocenters. The normalized spacial score (nSPS) is 18.4. The third-order valence-electron chi connectivity index (χ3n) is 4.51. The number of anilines is 1. The van der Waals surface area contributed by atoms with Crippen LogP contribution in [0.25, 0.3) is 0 Å². The van der Waals surface area contributed by atoms with Crippen molar-refractivity contribution in [3.63, 3.8) is 0 Å². The van der Waals surface area contributed by atoms with Crippen LogP contribution >= 0.6 is 0 Å². The smallest absolute Gasteiger partial charge is 0.0555 e. The zero-order valence-electron chi connectivity index (χ0n) is 12.6. The molecule has 0 spiro atoms. The van der Waals surface area contributed by atoms with Crippen molar-refractivity contribution in [3.8, 4) is 0 Å². The van der Waals surface area contributed by atoms with Gasteiger partial charge in [-0.15, -0.1) is 0 Å². The number of benzene rings is 2. The number of fused-ring (bicyclic) bond motifs is 1. The zero-order chi connectivity index (χ0) is 14.1. The van der Waals surface area contributed by atoms with Gasteiger partial charge in [0.25, 0.3) is 0 Å². The number of aryl methyl sites for hydroxylation is 1. The van der Waals surface area contributed by atoms with Crippen LogP contribution in [0.4, 0.5) is 5.69 Å². The van der Waals surface area contributed by atoms with Gasteiger partial charge in [-0.25, -0.2) is 0 Å². The van der Waals surface area contributed by atoms with Crippen molar-refractivity contribution in [2.24, 2.45) is 0 Å². The van der Waals surface area contributed by atoms with Gasteiger partial charge in [-0.1, -0.05) is 55.8 Å². The molecule has 0 aliphatic carbocycles. The molecule has 1 aliphatic heterocycles. The summed E-state index contributed by atoms with van der Waals surface area (Å²) in [6, 6.07) is 16.2. The number of hydrogen-bond donors (Lipinski definition) is 1. The van der Waals surface area contributed by atoms with Gasteiger partial charge in [-0.05, 0) is 48.4 Å². The molecule has 0 bridgehead atoms. The van der Waals surface area contributed by atoms with Crippen molar-refractivity contribution in [1.29, 1.82) is 0 Å². The highest BCUT2D eigenvalue weighted by Crippen LogP contribution is 2.36. The molecule has 0 radical (unpaired) electrons. The highest BCUT2D eigenvalue weighted by molar-refractivity contribution is 5.59. The number of rotatable bonds is 3. The van der Waals surface area contributed by atoms with E-state index in [0.29, 0.717) is 12.0 Å². The summed E-state index contributed by atoms with van der Waals surface area (Å²) in [4.78, 5) is 0. The van der Waals surface area contributed by atoms with E-state index in [1.165, 1.54) is 34.4 Å². The van der Waals surface area contributed by atoms with E-state index >= 15 is 0 Å². The molecule has 1 aliphatic rings. The molecule has 0 fully saturated rings. The van der Waals surface area contributed by atoms with E-state index < -0.39 is 0 Å². The number of nitrogens with one attached hydrogen (secondary N) is 1.